The summed E-state index contributed by atoms with van der Waals surface area (Å²) in [6.45, 7) is 1.25. The zero-order chi connectivity index (χ0) is 14.7. The summed E-state index contributed by atoms with van der Waals surface area (Å²) in [6, 6.07) is 13.3. The molecular formula is C16H15BrN2O2. The van der Waals surface area contributed by atoms with Crippen LogP contribution < -0.4 is 4.90 Å². The maximum absolute atomic E-state index is 12.9. The van der Waals surface area contributed by atoms with E-state index in [-0.39, 0.29) is 11.9 Å². The smallest absolute Gasteiger partial charge is 0.278 e. The number of para-hydroxylation sites is 1. The van der Waals surface area contributed by atoms with Gasteiger partial charge in [-0.2, -0.15) is 0 Å². The molecule has 5 heteroatoms. The third kappa shape index (κ3) is 2.99. The van der Waals surface area contributed by atoms with Gasteiger partial charge in [0.1, 0.15) is 5.69 Å². The van der Waals surface area contributed by atoms with Gasteiger partial charge in [-0.05, 0) is 46.6 Å². The van der Waals surface area contributed by atoms with Crippen LogP contribution in [0.2, 0.25) is 0 Å². The summed E-state index contributed by atoms with van der Waals surface area (Å²) in [4.78, 5) is 18.9. The van der Waals surface area contributed by atoms with Crippen LogP contribution >= 0.6 is 15.9 Å². The summed E-state index contributed by atoms with van der Waals surface area (Å²) in [5.41, 5.74) is 1.30. The fourth-order valence-electron chi connectivity index (χ4n) is 2.47. The molecule has 1 atom stereocenters. The number of amides is 1. The monoisotopic (exact) mass is 346 g/mol. The Hall–Kier alpha value is -1.72. The molecule has 0 radical (unpaired) electrons. The summed E-state index contributed by atoms with van der Waals surface area (Å²) in [5.74, 6) is -0.107. The summed E-state index contributed by atoms with van der Waals surface area (Å²) in [6.07, 6.45) is 2.47. The van der Waals surface area contributed by atoms with E-state index >= 15 is 0 Å². The number of ether oxygens (including phenoxy) is 1. The molecule has 1 aromatic carbocycles. The SMILES string of the molecule is O=C(c1ncccc1Br)N(c1ccccc1)[C@H]1CCOC1. The Morgan fingerprint density at radius 2 is 2.05 bits per heavy atom. The van der Waals surface area contributed by atoms with Crippen molar-refractivity contribution >= 4 is 27.5 Å². The summed E-state index contributed by atoms with van der Waals surface area (Å²) >= 11 is 3.41. The van der Waals surface area contributed by atoms with Gasteiger partial charge in [-0.3, -0.25) is 4.79 Å². The van der Waals surface area contributed by atoms with Crippen molar-refractivity contribution in [3.63, 3.8) is 0 Å². The molecule has 108 valence electrons. The molecule has 0 saturated carbocycles. The lowest BCUT2D eigenvalue weighted by molar-refractivity contribution is 0.0966. The number of aromatic nitrogens is 1. The number of hydrogen-bond acceptors (Lipinski definition) is 3. The molecule has 1 fully saturated rings. The van der Waals surface area contributed by atoms with E-state index in [2.05, 4.69) is 20.9 Å². The molecule has 0 aliphatic carbocycles. The predicted octanol–water partition coefficient (Wildman–Crippen LogP) is 3.28. The van der Waals surface area contributed by atoms with Crippen LogP contribution in [-0.2, 0) is 4.74 Å². The van der Waals surface area contributed by atoms with Gasteiger partial charge in [0.05, 0.1) is 12.6 Å². The molecule has 2 aromatic rings. The first-order valence-corrected chi connectivity index (χ1v) is 7.63. The van der Waals surface area contributed by atoms with Gasteiger partial charge >= 0.3 is 0 Å². The van der Waals surface area contributed by atoms with Gasteiger partial charge in [0.2, 0.25) is 0 Å². The molecule has 1 amide bonds. The topological polar surface area (TPSA) is 42.4 Å². The number of pyridine rings is 1. The zero-order valence-corrected chi connectivity index (χ0v) is 13.0. The highest BCUT2D eigenvalue weighted by molar-refractivity contribution is 9.10. The number of nitrogens with zero attached hydrogens (tertiary/aromatic N) is 2. The number of rotatable bonds is 3. The lowest BCUT2D eigenvalue weighted by Gasteiger charge is -2.28. The van der Waals surface area contributed by atoms with E-state index in [1.165, 1.54) is 0 Å². The molecule has 21 heavy (non-hydrogen) atoms. The first-order chi connectivity index (χ1) is 10.3. The van der Waals surface area contributed by atoms with E-state index < -0.39 is 0 Å². The minimum absolute atomic E-state index is 0.0498. The molecule has 3 rings (SSSR count). The first-order valence-electron chi connectivity index (χ1n) is 6.84. The van der Waals surface area contributed by atoms with Gasteiger partial charge in [0, 0.05) is 23.0 Å². The van der Waals surface area contributed by atoms with Crippen molar-refractivity contribution in [3.8, 4) is 0 Å². The minimum Gasteiger partial charge on any atom is -0.379 e. The van der Waals surface area contributed by atoms with Crippen molar-refractivity contribution in [3.05, 3.63) is 58.8 Å². The van der Waals surface area contributed by atoms with Crippen molar-refractivity contribution in [2.75, 3.05) is 18.1 Å². The quantitative estimate of drug-likeness (QED) is 0.856. The highest BCUT2D eigenvalue weighted by Gasteiger charge is 2.30. The second-order valence-corrected chi connectivity index (χ2v) is 5.72. The van der Waals surface area contributed by atoms with E-state index in [4.69, 9.17) is 4.74 Å². The number of carbonyl (C=O) groups excluding carboxylic acids is 1. The van der Waals surface area contributed by atoms with Gasteiger partial charge in [-0.15, -0.1) is 0 Å². The fourth-order valence-corrected chi connectivity index (χ4v) is 2.89. The number of halogens is 1. The number of carbonyl (C=O) groups is 1. The Labute approximate surface area is 131 Å². The van der Waals surface area contributed by atoms with Gasteiger partial charge in [-0.25, -0.2) is 4.98 Å². The van der Waals surface area contributed by atoms with Crippen molar-refractivity contribution in [1.82, 2.24) is 4.98 Å². The van der Waals surface area contributed by atoms with Gasteiger partial charge in [-0.1, -0.05) is 18.2 Å². The van der Waals surface area contributed by atoms with Crippen molar-refractivity contribution in [2.45, 2.75) is 12.5 Å². The standard InChI is InChI=1S/C16H15BrN2O2/c17-14-7-4-9-18-15(14)16(20)19(13-8-10-21-11-13)12-5-2-1-3-6-12/h1-7,9,13H,8,10-11H2/t13-/m0/s1. The van der Waals surface area contributed by atoms with Gasteiger partial charge in [0.25, 0.3) is 5.91 Å². The van der Waals surface area contributed by atoms with E-state index in [0.717, 1.165) is 12.1 Å². The van der Waals surface area contributed by atoms with E-state index in [1.807, 2.05) is 36.4 Å². The molecule has 1 aliphatic rings. The molecule has 0 bridgehead atoms. The Morgan fingerprint density at radius 1 is 1.24 bits per heavy atom. The average molecular weight is 347 g/mol. The van der Waals surface area contributed by atoms with Crippen molar-refractivity contribution < 1.29 is 9.53 Å². The lowest BCUT2D eigenvalue weighted by Crippen LogP contribution is -2.41. The third-order valence-electron chi connectivity index (χ3n) is 3.49. The normalized spacial score (nSPS) is 17.7. The van der Waals surface area contributed by atoms with E-state index in [0.29, 0.717) is 23.4 Å². The largest absolute Gasteiger partial charge is 0.379 e. The number of hydrogen-bond donors (Lipinski definition) is 0. The Bertz CT molecular complexity index is 627. The number of benzene rings is 1. The van der Waals surface area contributed by atoms with Crippen molar-refractivity contribution in [1.29, 1.82) is 0 Å². The van der Waals surface area contributed by atoms with Gasteiger partial charge in [0.15, 0.2) is 0 Å². The highest BCUT2D eigenvalue weighted by Crippen LogP contribution is 2.25. The van der Waals surface area contributed by atoms with E-state index in [9.17, 15) is 4.79 Å². The lowest BCUT2D eigenvalue weighted by atomic mass is 10.1. The highest BCUT2D eigenvalue weighted by atomic mass is 79.9. The Morgan fingerprint density at radius 3 is 2.71 bits per heavy atom. The maximum atomic E-state index is 12.9. The van der Waals surface area contributed by atoms with Gasteiger partial charge < -0.3 is 9.64 Å². The van der Waals surface area contributed by atoms with Crippen molar-refractivity contribution in [2.24, 2.45) is 0 Å². The molecule has 2 heterocycles. The molecule has 0 unspecified atom stereocenters. The Balaban J connectivity index is 1.99. The van der Waals surface area contributed by atoms with Crippen LogP contribution in [0.4, 0.5) is 5.69 Å². The van der Waals surface area contributed by atoms with Crippen LogP contribution in [0.25, 0.3) is 0 Å². The summed E-state index contributed by atoms with van der Waals surface area (Å²) in [5, 5.41) is 0. The van der Waals surface area contributed by atoms with Crippen LogP contribution in [0.5, 0.6) is 0 Å². The Kier molecular flexibility index (Phi) is 4.31. The first kappa shape index (κ1) is 14.2. The molecule has 1 aromatic heterocycles. The third-order valence-corrected chi connectivity index (χ3v) is 4.12. The second kappa shape index (κ2) is 6.37. The minimum atomic E-state index is -0.107. The van der Waals surface area contributed by atoms with Crippen LogP contribution in [0, 0.1) is 0 Å². The zero-order valence-electron chi connectivity index (χ0n) is 11.4. The predicted molar refractivity (Wildman–Crippen MR) is 84.4 cm³/mol. The fraction of sp³-hybridized carbons (Fsp3) is 0.250. The molecule has 0 N–H and O–H groups in total. The number of anilines is 1. The van der Waals surface area contributed by atoms with E-state index in [1.54, 1.807) is 17.2 Å². The molecule has 4 nitrogen and oxygen atoms in total. The molecule has 0 spiro atoms. The second-order valence-electron chi connectivity index (χ2n) is 4.86. The van der Waals surface area contributed by atoms with Crippen LogP contribution in [0.15, 0.2) is 53.1 Å². The van der Waals surface area contributed by atoms with Crippen LogP contribution in [0.3, 0.4) is 0 Å². The molecule has 1 aliphatic heterocycles. The van der Waals surface area contributed by atoms with Crippen LogP contribution in [0.1, 0.15) is 16.9 Å². The van der Waals surface area contributed by atoms with Crippen LogP contribution in [-0.4, -0.2) is 30.1 Å². The summed E-state index contributed by atoms with van der Waals surface area (Å²) < 4.78 is 6.15. The average Bonchev–Trinajstić information content (AvgIpc) is 3.03. The molecular weight excluding hydrogens is 332 g/mol. The molecule has 1 saturated heterocycles. The maximum Gasteiger partial charge on any atom is 0.278 e. The summed E-state index contributed by atoms with van der Waals surface area (Å²) in [7, 11) is 0.